The van der Waals surface area contributed by atoms with Gasteiger partial charge in [-0.3, -0.25) is 0 Å². The Morgan fingerprint density at radius 1 is 1.33 bits per heavy atom. The van der Waals surface area contributed by atoms with Crippen LogP contribution < -0.4 is 39.4 Å². The number of aliphatic carboxylic acids is 1. The monoisotopic (exact) mass is 376 g/mol. The van der Waals surface area contributed by atoms with Gasteiger partial charge in [-0.2, -0.15) is 0 Å². The molecule has 0 heterocycles. The summed E-state index contributed by atoms with van der Waals surface area (Å²) in [6, 6.07) is 7.58. The quantitative estimate of drug-likeness (QED) is 0.370. The number of ether oxygens (including phenoxy) is 1. The van der Waals surface area contributed by atoms with Crippen molar-refractivity contribution in [2.45, 2.75) is 64.7 Å². The molecule has 0 bridgehead atoms. The van der Waals surface area contributed by atoms with E-state index in [0.29, 0.717) is 12.5 Å². The number of carbonyl (C=O) groups is 1. The molecule has 1 aliphatic carbocycles. The molecule has 27 heavy (non-hydrogen) atoms. The molecule has 0 aromatic heterocycles. The summed E-state index contributed by atoms with van der Waals surface area (Å²) >= 11 is 0. The van der Waals surface area contributed by atoms with Gasteiger partial charge < -0.3 is 14.6 Å². The molecule has 4 heteroatoms. The Bertz CT molecular complexity index is 667. The van der Waals surface area contributed by atoms with Crippen molar-refractivity contribution in [1.82, 2.24) is 0 Å². The van der Waals surface area contributed by atoms with Crippen LogP contribution >= 0.6 is 0 Å². The average Bonchev–Trinajstić information content (AvgIpc) is 2.65. The van der Waals surface area contributed by atoms with Gasteiger partial charge in [0, 0.05) is 12.4 Å². The van der Waals surface area contributed by atoms with Gasteiger partial charge in [-0.25, -0.2) is 0 Å². The van der Waals surface area contributed by atoms with Gasteiger partial charge in [0.1, 0.15) is 12.4 Å². The second-order valence-electron chi connectivity index (χ2n) is 7.00. The van der Waals surface area contributed by atoms with Crippen LogP contribution in [0.3, 0.4) is 0 Å². The molecule has 1 unspecified atom stereocenters. The molecule has 1 aromatic rings. The minimum absolute atomic E-state index is 0. The smallest absolute Gasteiger partial charge is 0.550 e. The average molecular weight is 376 g/mol. The molecular weight excluding hydrogens is 347 g/mol. The summed E-state index contributed by atoms with van der Waals surface area (Å²) < 4.78 is 5.94. The Labute approximate surface area is 185 Å². The fraction of sp³-hybridized carbons (Fsp3) is 0.522. The first-order valence-electron chi connectivity index (χ1n) is 9.66. The van der Waals surface area contributed by atoms with E-state index >= 15 is 0 Å². The van der Waals surface area contributed by atoms with E-state index < -0.39 is 5.97 Å². The Kier molecular flexibility index (Phi) is 11.5. The summed E-state index contributed by atoms with van der Waals surface area (Å²) in [6.07, 6.45) is 9.84. The van der Waals surface area contributed by atoms with Crippen molar-refractivity contribution in [2.75, 3.05) is 6.61 Å². The van der Waals surface area contributed by atoms with E-state index in [0.717, 1.165) is 17.7 Å². The SMILES string of the molecule is CC#C[C@@H](CC(=O)[O-])c1ccc(OCC2=CC(CCCC)CCC2)cc1.[Na+]. The number of carboxylic acid groups (broad SMARTS) is 1. The number of carbonyl (C=O) groups excluding carboxylic acids is 1. The molecule has 0 spiro atoms. The van der Waals surface area contributed by atoms with Gasteiger partial charge in [0.15, 0.2) is 0 Å². The third-order valence-electron chi connectivity index (χ3n) is 4.87. The zero-order valence-electron chi connectivity index (χ0n) is 16.9. The van der Waals surface area contributed by atoms with E-state index in [1.807, 2.05) is 24.3 Å². The maximum Gasteiger partial charge on any atom is 1.00 e. The van der Waals surface area contributed by atoms with E-state index in [1.54, 1.807) is 6.92 Å². The van der Waals surface area contributed by atoms with Crippen LogP contribution in [0, 0.1) is 17.8 Å². The first-order chi connectivity index (χ1) is 12.6. The summed E-state index contributed by atoms with van der Waals surface area (Å²) in [6.45, 7) is 4.59. The Morgan fingerprint density at radius 2 is 2.07 bits per heavy atom. The molecule has 0 N–H and O–H groups in total. The van der Waals surface area contributed by atoms with Gasteiger partial charge in [-0.1, -0.05) is 43.9 Å². The Morgan fingerprint density at radius 3 is 2.70 bits per heavy atom. The molecule has 0 radical (unpaired) electrons. The molecular formula is C23H29NaO3. The van der Waals surface area contributed by atoms with Crippen LogP contribution in [0.25, 0.3) is 0 Å². The standard InChI is InChI=1S/C23H30O3.Na/c1-3-5-8-18-9-6-10-19(15-18)17-26-22-13-11-20(12-14-22)21(7-4-2)16-23(24)25;/h11-15,18,21H,3,5-6,8-10,16-17H2,1-2H3,(H,24,25);/q;+1/p-1/t18?,21-;/m0./s1. The summed E-state index contributed by atoms with van der Waals surface area (Å²) in [4.78, 5) is 10.9. The molecule has 0 saturated heterocycles. The maximum atomic E-state index is 10.9. The maximum absolute atomic E-state index is 10.9. The van der Waals surface area contributed by atoms with Crippen molar-refractivity contribution in [3.05, 3.63) is 41.5 Å². The van der Waals surface area contributed by atoms with E-state index in [2.05, 4.69) is 24.8 Å². The number of hydrogen-bond donors (Lipinski definition) is 0. The van der Waals surface area contributed by atoms with Gasteiger partial charge in [0.2, 0.25) is 0 Å². The largest absolute Gasteiger partial charge is 1.00 e. The first kappa shape index (κ1) is 23.8. The van der Waals surface area contributed by atoms with E-state index in [9.17, 15) is 9.90 Å². The van der Waals surface area contributed by atoms with Crippen LogP contribution in [-0.4, -0.2) is 12.6 Å². The minimum atomic E-state index is -1.08. The van der Waals surface area contributed by atoms with Gasteiger partial charge in [0.25, 0.3) is 0 Å². The van der Waals surface area contributed by atoms with Gasteiger partial charge in [-0.05, 0) is 61.8 Å². The van der Waals surface area contributed by atoms with E-state index in [1.165, 1.54) is 37.7 Å². The van der Waals surface area contributed by atoms with E-state index in [-0.39, 0.29) is 41.9 Å². The van der Waals surface area contributed by atoms with Crippen molar-refractivity contribution in [2.24, 2.45) is 5.92 Å². The minimum Gasteiger partial charge on any atom is -0.550 e. The fourth-order valence-corrected chi connectivity index (χ4v) is 3.47. The number of carboxylic acids is 1. The number of allylic oxidation sites excluding steroid dienone is 1. The predicted molar refractivity (Wildman–Crippen MR) is 103 cm³/mol. The van der Waals surface area contributed by atoms with Crippen molar-refractivity contribution >= 4 is 5.97 Å². The molecule has 1 aromatic carbocycles. The Hall–Kier alpha value is -1.21. The third-order valence-corrected chi connectivity index (χ3v) is 4.87. The second kappa shape index (κ2) is 13.0. The fourth-order valence-electron chi connectivity index (χ4n) is 3.47. The number of benzene rings is 1. The van der Waals surface area contributed by atoms with Crippen LogP contribution in [0.5, 0.6) is 5.75 Å². The van der Waals surface area contributed by atoms with E-state index in [4.69, 9.17) is 4.74 Å². The van der Waals surface area contributed by atoms with Crippen molar-refractivity contribution in [3.8, 4) is 17.6 Å². The number of hydrogen-bond acceptors (Lipinski definition) is 3. The summed E-state index contributed by atoms with van der Waals surface area (Å²) in [7, 11) is 0. The molecule has 3 nitrogen and oxygen atoms in total. The topological polar surface area (TPSA) is 49.4 Å². The van der Waals surface area contributed by atoms with Crippen LogP contribution in [0.1, 0.15) is 70.3 Å². The van der Waals surface area contributed by atoms with Crippen LogP contribution in [0.2, 0.25) is 0 Å². The van der Waals surface area contributed by atoms with Gasteiger partial charge >= 0.3 is 29.6 Å². The molecule has 0 amide bonds. The van der Waals surface area contributed by atoms with Gasteiger partial charge in [0.05, 0.1) is 5.92 Å². The molecule has 0 aliphatic heterocycles. The van der Waals surface area contributed by atoms with Crippen molar-refractivity contribution in [3.63, 3.8) is 0 Å². The number of unbranched alkanes of at least 4 members (excludes halogenated alkanes) is 1. The molecule has 140 valence electrons. The number of rotatable bonds is 9. The Balaban J connectivity index is 0.00000364. The van der Waals surface area contributed by atoms with Crippen molar-refractivity contribution < 1.29 is 44.2 Å². The van der Waals surface area contributed by atoms with Gasteiger partial charge in [-0.15, -0.1) is 5.92 Å². The van der Waals surface area contributed by atoms with Crippen LogP contribution in [0.15, 0.2) is 35.9 Å². The predicted octanol–water partition coefficient (Wildman–Crippen LogP) is 1.23. The molecule has 2 rings (SSSR count). The van der Waals surface area contributed by atoms with Crippen LogP contribution in [0.4, 0.5) is 0 Å². The normalized spacial score (nSPS) is 17.0. The third kappa shape index (κ3) is 8.56. The molecule has 2 atom stereocenters. The summed E-state index contributed by atoms with van der Waals surface area (Å²) in [5, 5.41) is 10.9. The zero-order valence-corrected chi connectivity index (χ0v) is 18.9. The zero-order chi connectivity index (χ0) is 18.8. The first-order valence-corrected chi connectivity index (χ1v) is 9.66. The molecule has 0 fully saturated rings. The second-order valence-corrected chi connectivity index (χ2v) is 7.00. The summed E-state index contributed by atoms with van der Waals surface area (Å²) in [5.74, 6) is 5.83. The van der Waals surface area contributed by atoms with Crippen molar-refractivity contribution in [1.29, 1.82) is 0 Å². The molecule has 1 aliphatic rings. The summed E-state index contributed by atoms with van der Waals surface area (Å²) in [5.41, 5.74) is 2.28. The molecule has 0 saturated carbocycles. The van der Waals surface area contributed by atoms with Crippen LogP contribution in [-0.2, 0) is 4.79 Å².